The summed E-state index contributed by atoms with van der Waals surface area (Å²) in [6.07, 6.45) is 0.770. The van der Waals surface area contributed by atoms with Gasteiger partial charge >= 0.3 is 5.97 Å². The van der Waals surface area contributed by atoms with E-state index in [1.807, 2.05) is 0 Å². The van der Waals surface area contributed by atoms with Crippen LogP contribution in [0, 0.1) is 8.99 Å². The van der Waals surface area contributed by atoms with Crippen molar-refractivity contribution in [3.63, 3.8) is 0 Å². The van der Waals surface area contributed by atoms with Gasteiger partial charge in [0.05, 0.1) is 10.7 Å². The number of aliphatic carboxylic acids is 1. The summed E-state index contributed by atoms with van der Waals surface area (Å²) in [5.74, 6) is -1.57. The van der Waals surface area contributed by atoms with E-state index < -0.39 is 17.3 Å². The Hall–Kier alpha value is -0.820. The SMILES string of the molecule is O=C(O)C1(C(=O)Nc2ccc(I)cc2Cl)CC1. The summed E-state index contributed by atoms with van der Waals surface area (Å²) < 4.78 is 0.949. The molecule has 0 radical (unpaired) electrons. The van der Waals surface area contributed by atoms with E-state index in [1.165, 1.54) is 0 Å². The van der Waals surface area contributed by atoms with Crippen molar-refractivity contribution in [2.75, 3.05) is 5.32 Å². The first-order chi connectivity index (χ1) is 7.95. The predicted octanol–water partition coefficient (Wildman–Crippen LogP) is 2.75. The van der Waals surface area contributed by atoms with Crippen LogP contribution in [0.25, 0.3) is 0 Å². The summed E-state index contributed by atoms with van der Waals surface area (Å²) in [7, 11) is 0. The highest BCUT2D eigenvalue weighted by molar-refractivity contribution is 14.1. The zero-order chi connectivity index (χ0) is 12.6. The van der Waals surface area contributed by atoms with Crippen LogP contribution in [-0.2, 0) is 9.59 Å². The number of hydrogen-bond donors (Lipinski definition) is 2. The fraction of sp³-hybridized carbons (Fsp3) is 0.273. The van der Waals surface area contributed by atoms with Gasteiger partial charge in [-0.15, -0.1) is 0 Å². The number of carbonyl (C=O) groups excluding carboxylic acids is 1. The number of rotatable bonds is 3. The number of nitrogens with one attached hydrogen (secondary N) is 1. The molecule has 2 rings (SSSR count). The number of carboxylic acid groups (broad SMARTS) is 1. The second-order valence-electron chi connectivity index (χ2n) is 3.97. The summed E-state index contributed by atoms with van der Waals surface area (Å²) in [5.41, 5.74) is -0.795. The quantitative estimate of drug-likeness (QED) is 0.639. The first-order valence-corrected chi connectivity index (χ1v) is 6.41. The lowest BCUT2D eigenvalue weighted by Crippen LogP contribution is -2.31. The molecule has 1 aromatic rings. The zero-order valence-corrected chi connectivity index (χ0v) is 11.6. The van der Waals surface area contributed by atoms with E-state index in [1.54, 1.807) is 18.2 Å². The molecular weight excluding hydrogens is 356 g/mol. The Morgan fingerprint density at radius 1 is 1.41 bits per heavy atom. The molecule has 1 saturated carbocycles. The molecule has 0 aromatic heterocycles. The molecule has 0 saturated heterocycles. The number of halogens is 2. The Balaban J connectivity index is 2.17. The molecule has 1 amide bonds. The molecule has 1 aliphatic rings. The highest BCUT2D eigenvalue weighted by atomic mass is 127. The van der Waals surface area contributed by atoms with E-state index in [-0.39, 0.29) is 0 Å². The molecule has 1 aliphatic carbocycles. The van der Waals surface area contributed by atoms with E-state index in [2.05, 4.69) is 27.9 Å². The lowest BCUT2D eigenvalue weighted by atomic mass is 10.1. The van der Waals surface area contributed by atoms with Gasteiger partial charge in [-0.05, 0) is 53.6 Å². The molecule has 1 aromatic carbocycles. The molecule has 0 unspecified atom stereocenters. The van der Waals surface area contributed by atoms with Crippen molar-refractivity contribution < 1.29 is 14.7 Å². The summed E-state index contributed by atoms with van der Waals surface area (Å²) in [6.45, 7) is 0. The van der Waals surface area contributed by atoms with Gasteiger partial charge in [-0.1, -0.05) is 11.6 Å². The van der Waals surface area contributed by atoms with E-state index in [9.17, 15) is 9.59 Å². The van der Waals surface area contributed by atoms with Crippen LogP contribution in [0.3, 0.4) is 0 Å². The van der Waals surface area contributed by atoms with Crippen LogP contribution < -0.4 is 5.32 Å². The molecule has 0 bridgehead atoms. The minimum Gasteiger partial charge on any atom is -0.480 e. The van der Waals surface area contributed by atoms with Crippen LogP contribution in [-0.4, -0.2) is 17.0 Å². The average Bonchev–Trinajstić information content (AvgIpc) is 3.02. The lowest BCUT2D eigenvalue weighted by molar-refractivity contribution is -0.147. The molecule has 1 fully saturated rings. The maximum absolute atomic E-state index is 11.8. The van der Waals surface area contributed by atoms with E-state index in [4.69, 9.17) is 16.7 Å². The van der Waals surface area contributed by atoms with Crippen molar-refractivity contribution in [1.29, 1.82) is 0 Å². The van der Waals surface area contributed by atoms with Crippen molar-refractivity contribution in [2.24, 2.45) is 5.41 Å². The topological polar surface area (TPSA) is 66.4 Å². The summed E-state index contributed by atoms with van der Waals surface area (Å²) >= 11 is 8.06. The summed E-state index contributed by atoms with van der Waals surface area (Å²) in [6, 6.07) is 5.17. The number of carboxylic acids is 1. The smallest absolute Gasteiger partial charge is 0.319 e. The standard InChI is InChI=1S/C11H9ClINO3/c12-7-5-6(13)1-2-8(7)14-9(15)11(3-4-11)10(16)17/h1-2,5H,3-4H2,(H,14,15)(H,16,17). The molecule has 2 N–H and O–H groups in total. The van der Waals surface area contributed by atoms with Gasteiger partial charge in [-0.25, -0.2) is 0 Å². The second kappa shape index (κ2) is 4.45. The summed E-state index contributed by atoms with van der Waals surface area (Å²) in [4.78, 5) is 22.8. The van der Waals surface area contributed by atoms with Crippen LogP contribution in [0.4, 0.5) is 5.69 Å². The van der Waals surface area contributed by atoms with Gasteiger partial charge in [0.1, 0.15) is 5.41 Å². The third-order valence-corrected chi connectivity index (χ3v) is 3.76. The van der Waals surface area contributed by atoms with Crippen LogP contribution in [0.2, 0.25) is 5.02 Å². The van der Waals surface area contributed by atoms with Crippen molar-refractivity contribution in [1.82, 2.24) is 0 Å². The molecule has 0 atom stereocenters. The van der Waals surface area contributed by atoms with Crippen molar-refractivity contribution >= 4 is 51.8 Å². The number of amides is 1. The number of anilines is 1. The monoisotopic (exact) mass is 365 g/mol. The normalized spacial score (nSPS) is 16.4. The molecule has 6 heteroatoms. The second-order valence-corrected chi connectivity index (χ2v) is 5.62. The third-order valence-electron chi connectivity index (χ3n) is 2.77. The van der Waals surface area contributed by atoms with Crippen LogP contribution >= 0.6 is 34.2 Å². The molecule has 0 heterocycles. The lowest BCUT2D eigenvalue weighted by Gasteiger charge is -2.12. The van der Waals surface area contributed by atoms with Gasteiger partial charge in [0.25, 0.3) is 0 Å². The van der Waals surface area contributed by atoms with Gasteiger partial charge in [0.2, 0.25) is 5.91 Å². The van der Waals surface area contributed by atoms with Gasteiger partial charge < -0.3 is 10.4 Å². The van der Waals surface area contributed by atoms with Crippen LogP contribution in [0.5, 0.6) is 0 Å². The highest BCUT2D eigenvalue weighted by Crippen LogP contribution is 2.47. The van der Waals surface area contributed by atoms with E-state index in [0.717, 1.165) is 3.57 Å². The van der Waals surface area contributed by atoms with Crippen LogP contribution in [0.1, 0.15) is 12.8 Å². The van der Waals surface area contributed by atoms with Crippen molar-refractivity contribution in [3.8, 4) is 0 Å². The number of hydrogen-bond acceptors (Lipinski definition) is 2. The first kappa shape index (κ1) is 12.6. The Morgan fingerprint density at radius 3 is 2.53 bits per heavy atom. The number of carbonyl (C=O) groups is 2. The largest absolute Gasteiger partial charge is 0.480 e. The van der Waals surface area contributed by atoms with E-state index in [0.29, 0.717) is 23.6 Å². The third kappa shape index (κ3) is 2.40. The average molecular weight is 366 g/mol. The minimum absolute atomic E-state index is 0.385. The summed E-state index contributed by atoms with van der Waals surface area (Å²) in [5, 5.41) is 11.9. The molecule has 17 heavy (non-hydrogen) atoms. The maximum atomic E-state index is 11.8. The maximum Gasteiger partial charge on any atom is 0.319 e. The van der Waals surface area contributed by atoms with E-state index >= 15 is 0 Å². The zero-order valence-electron chi connectivity index (χ0n) is 8.67. The molecule has 0 aliphatic heterocycles. The fourth-order valence-corrected chi connectivity index (χ4v) is 2.40. The van der Waals surface area contributed by atoms with Crippen LogP contribution in [0.15, 0.2) is 18.2 Å². The highest BCUT2D eigenvalue weighted by Gasteiger charge is 2.57. The predicted molar refractivity (Wildman–Crippen MR) is 72.1 cm³/mol. The number of benzene rings is 1. The first-order valence-electron chi connectivity index (χ1n) is 4.95. The van der Waals surface area contributed by atoms with Gasteiger partial charge in [0.15, 0.2) is 0 Å². The molecular formula is C11H9ClINO3. The van der Waals surface area contributed by atoms with Gasteiger partial charge in [-0.2, -0.15) is 0 Å². The Bertz CT molecular complexity index is 499. The fourth-order valence-electron chi connectivity index (χ4n) is 1.50. The van der Waals surface area contributed by atoms with Crippen molar-refractivity contribution in [3.05, 3.63) is 26.8 Å². The minimum atomic E-state index is -1.24. The Morgan fingerprint density at radius 2 is 2.06 bits per heavy atom. The van der Waals surface area contributed by atoms with Gasteiger partial charge in [-0.3, -0.25) is 9.59 Å². The Labute approximate surface area is 116 Å². The van der Waals surface area contributed by atoms with Crippen molar-refractivity contribution in [2.45, 2.75) is 12.8 Å². The molecule has 0 spiro atoms. The van der Waals surface area contributed by atoms with Gasteiger partial charge in [0, 0.05) is 3.57 Å². The molecule has 90 valence electrons. The Kier molecular flexibility index (Phi) is 3.31. The molecule has 4 nitrogen and oxygen atoms in total.